The van der Waals surface area contributed by atoms with Crippen LogP contribution in [0.15, 0.2) is 24.3 Å². The minimum Gasteiger partial charge on any atom is -0.497 e. The van der Waals surface area contributed by atoms with E-state index in [0.29, 0.717) is 6.54 Å². The van der Waals surface area contributed by atoms with Gasteiger partial charge in [-0.2, -0.15) is 0 Å². The first-order valence-corrected chi connectivity index (χ1v) is 6.49. The lowest BCUT2D eigenvalue weighted by atomic mass is 9.98. The molecule has 100 valence electrons. The van der Waals surface area contributed by atoms with E-state index < -0.39 is 0 Å². The second-order valence-corrected chi connectivity index (χ2v) is 4.49. The topological polar surface area (TPSA) is 47.7 Å². The SMILES string of the molecule is CCN1CCOC(CN)C1c1ccc(OC)cc1. The lowest BCUT2D eigenvalue weighted by Gasteiger charge is -2.40. The summed E-state index contributed by atoms with van der Waals surface area (Å²) < 4.78 is 11.0. The number of ether oxygens (including phenoxy) is 2. The number of methoxy groups -OCH3 is 1. The molecule has 1 aliphatic rings. The van der Waals surface area contributed by atoms with Crippen molar-refractivity contribution in [2.24, 2.45) is 5.73 Å². The van der Waals surface area contributed by atoms with Gasteiger partial charge in [-0.05, 0) is 24.2 Å². The van der Waals surface area contributed by atoms with E-state index in [0.717, 1.165) is 25.4 Å². The van der Waals surface area contributed by atoms with Gasteiger partial charge in [-0.15, -0.1) is 0 Å². The molecule has 1 heterocycles. The molecule has 0 saturated carbocycles. The highest BCUT2D eigenvalue weighted by molar-refractivity contribution is 5.30. The zero-order chi connectivity index (χ0) is 13.0. The van der Waals surface area contributed by atoms with Gasteiger partial charge in [0.25, 0.3) is 0 Å². The quantitative estimate of drug-likeness (QED) is 0.878. The summed E-state index contributed by atoms with van der Waals surface area (Å²) in [5.74, 6) is 0.878. The van der Waals surface area contributed by atoms with Crippen molar-refractivity contribution in [2.75, 3.05) is 33.4 Å². The predicted octanol–water partition coefficient (Wildman–Crippen LogP) is 1.42. The molecule has 0 radical (unpaired) electrons. The first-order chi connectivity index (χ1) is 8.80. The molecule has 2 unspecified atom stereocenters. The number of hydrogen-bond donors (Lipinski definition) is 1. The van der Waals surface area contributed by atoms with Crippen molar-refractivity contribution in [2.45, 2.75) is 19.1 Å². The highest BCUT2D eigenvalue weighted by Crippen LogP contribution is 2.29. The summed E-state index contributed by atoms with van der Waals surface area (Å²) in [6.07, 6.45) is 0.0760. The van der Waals surface area contributed by atoms with Gasteiger partial charge in [0.15, 0.2) is 0 Å². The number of hydrogen-bond acceptors (Lipinski definition) is 4. The van der Waals surface area contributed by atoms with E-state index in [-0.39, 0.29) is 12.1 Å². The summed E-state index contributed by atoms with van der Waals surface area (Å²) in [6, 6.07) is 8.43. The van der Waals surface area contributed by atoms with Crippen LogP contribution in [-0.4, -0.2) is 44.4 Å². The average Bonchev–Trinajstić information content (AvgIpc) is 2.46. The summed E-state index contributed by atoms with van der Waals surface area (Å²) in [7, 11) is 1.68. The largest absolute Gasteiger partial charge is 0.497 e. The minimum atomic E-state index is 0.0760. The molecule has 1 fully saturated rings. The molecule has 1 aliphatic heterocycles. The van der Waals surface area contributed by atoms with Crippen LogP contribution in [-0.2, 0) is 4.74 Å². The predicted molar refractivity (Wildman–Crippen MR) is 71.8 cm³/mol. The van der Waals surface area contributed by atoms with Crippen LogP contribution in [0.3, 0.4) is 0 Å². The van der Waals surface area contributed by atoms with Crippen LogP contribution < -0.4 is 10.5 Å². The summed E-state index contributed by atoms with van der Waals surface area (Å²) in [4.78, 5) is 2.42. The van der Waals surface area contributed by atoms with E-state index >= 15 is 0 Å². The molecule has 2 N–H and O–H groups in total. The van der Waals surface area contributed by atoms with Gasteiger partial charge in [0.05, 0.1) is 25.9 Å². The summed E-state index contributed by atoms with van der Waals surface area (Å²) in [6.45, 7) is 5.46. The molecule has 2 atom stereocenters. The van der Waals surface area contributed by atoms with Crippen molar-refractivity contribution < 1.29 is 9.47 Å². The smallest absolute Gasteiger partial charge is 0.118 e. The minimum absolute atomic E-state index is 0.0760. The van der Waals surface area contributed by atoms with E-state index in [1.54, 1.807) is 7.11 Å². The second kappa shape index (κ2) is 6.18. The number of rotatable bonds is 4. The highest BCUT2D eigenvalue weighted by Gasteiger charge is 2.31. The molecule has 0 bridgehead atoms. The van der Waals surface area contributed by atoms with Crippen LogP contribution in [0.5, 0.6) is 5.75 Å². The molecule has 1 saturated heterocycles. The van der Waals surface area contributed by atoms with Crippen molar-refractivity contribution in [1.82, 2.24) is 4.90 Å². The standard InChI is InChI=1S/C14H22N2O2/c1-3-16-8-9-18-13(10-15)14(16)11-4-6-12(17-2)7-5-11/h4-7,13-14H,3,8-10,15H2,1-2H3. The van der Waals surface area contributed by atoms with Gasteiger partial charge in [0.1, 0.15) is 5.75 Å². The van der Waals surface area contributed by atoms with Gasteiger partial charge in [-0.3, -0.25) is 4.90 Å². The molecule has 2 rings (SSSR count). The van der Waals surface area contributed by atoms with Crippen molar-refractivity contribution in [3.8, 4) is 5.75 Å². The molecule has 18 heavy (non-hydrogen) atoms. The molecule has 4 heteroatoms. The third-order valence-corrected chi connectivity index (χ3v) is 3.55. The Bertz CT molecular complexity index is 355. The highest BCUT2D eigenvalue weighted by atomic mass is 16.5. The molecule has 0 aliphatic carbocycles. The molecular formula is C14H22N2O2. The lowest BCUT2D eigenvalue weighted by molar-refractivity contribution is -0.0658. The first kappa shape index (κ1) is 13.3. The van der Waals surface area contributed by atoms with Gasteiger partial charge >= 0.3 is 0 Å². The number of likely N-dealkylation sites (N-methyl/N-ethyl adjacent to an activating group) is 1. The zero-order valence-electron chi connectivity index (χ0n) is 11.1. The van der Waals surface area contributed by atoms with Gasteiger partial charge in [0.2, 0.25) is 0 Å². The van der Waals surface area contributed by atoms with E-state index in [9.17, 15) is 0 Å². The van der Waals surface area contributed by atoms with Crippen molar-refractivity contribution in [1.29, 1.82) is 0 Å². The third kappa shape index (κ3) is 2.66. The fourth-order valence-electron chi connectivity index (χ4n) is 2.57. The van der Waals surface area contributed by atoms with Crippen LogP contribution in [0.2, 0.25) is 0 Å². The van der Waals surface area contributed by atoms with Gasteiger partial charge in [0, 0.05) is 13.1 Å². The van der Waals surface area contributed by atoms with Crippen LogP contribution in [0.1, 0.15) is 18.5 Å². The Morgan fingerprint density at radius 3 is 2.67 bits per heavy atom. The zero-order valence-corrected chi connectivity index (χ0v) is 11.1. The fraction of sp³-hybridized carbons (Fsp3) is 0.571. The number of morpholine rings is 1. The maximum absolute atomic E-state index is 5.83. The molecule has 1 aromatic carbocycles. The summed E-state index contributed by atoms with van der Waals surface area (Å²) in [5, 5.41) is 0. The average molecular weight is 250 g/mol. The van der Waals surface area contributed by atoms with Crippen LogP contribution in [0, 0.1) is 0 Å². The Morgan fingerprint density at radius 2 is 2.11 bits per heavy atom. The van der Waals surface area contributed by atoms with Gasteiger partial charge < -0.3 is 15.2 Å². The normalized spacial score (nSPS) is 25.1. The third-order valence-electron chi connectivity index (χ3n) is 3.55. The second-order valence-electron chi connectivity index (χ2n) is 4.49. The van der Waals surface area contributed by atoms with E-state index in [4.69, 9.17) is 15.2 Å². The Balaban J connectivity index is 2.24. The summed E-state index contributed by atoms with van der Waals surface area (Å²) in [5.41, 5.74) is 7.07. The molecule has 0 spiro atoms. The molecular weight excluding hydrogens is 228 g/mol. The fourth-order valence-corrected chi connectivity index (χ4v) is 2.57. The molecule has 1 aromatic rings. The Kier molecular flexibility index (Phi) is 4.58. The van der Waals surface area contributed by atoms with E-state index in [1.807, 2.05) is 12.1 Å². The maximum atomic E-state index is 5.83. The Labute approximate surface area is 109 Å². The van der Waals surface area contributed by atoms with Gasteiger partial charge in [-0.25, -0.2) is 0 Å². The molecule has 0 aromatic heterocycles. The molecule has 0 amide bonds. The van der Waals surface area contributed by atoms with Gasteiger partial charge in [-0.1, -0.05) is 19.1 Å². The Morgan fingerprint density at radius 1 is 1.39 bits per heavy atom. The van der Waals surface area contributed by atoms with Crippen molar-refractivity contribution in [3.05, 3.63) is 29.8 Å². The number of nitrogens with two attached hydrogens (primary N) is 1. The number of nitrogens with zero attached hydrogens (tertiary/aromatic N) is 1. The van der Waals surface area contributed by atoms with Crippen molar-refractivity contribution >= 4 is 0 Å². The van der Waals surface area contributed by atoms with Crippen LogP contribution >= 0.6 is 0 Å². The van der Waals surface area contributed by atoms with E-state index in [1.165, 1.54) is 5.56 Å². The van der Waals surface area contributed by atoms with Crippen LogP contribution in [0.25, 0.3) is 0 Å². The van der Waals surface area contributed by atoms with Crippen LogP contribution in [0.4, 0.5) is 0 Å². The Hall–Kier alpha value is -1.10. The molecule has 4 nitrogen and oxygen atoms in total. The first-order valence-electron chi connectivity index (χ1n) is 6.49. The lowest BCUT2D eigenvalue weighted by Crippen LogP contribution is -2.48. The van der Waals surface area contributed by atoms with E-state index in [2.05, 4.69) is 24.0 Å². The summed E-state index contributed by atoms with van der Waals surface area (Å²) >= 11 is 0. The monoisotopic (exact) mass is 250 g/mol. The van der Waals surface area contributed by atoms with Crippen molar-refractivity contribution in [3.63, 3.8) is 0 Å². The maximum Gasteiger partial charge on any atom is 0.118 e. The number of benzene rings is 1.